The SMILES string of the molecule is Cn1c(=O)c2ccccc2n2c(CNc3cc(Cl)ccc3Oc3ccc(Cl)cc3)nnc12. The van der Waals surface area contributed by atoms with Gasteiger partial charge in [-0.2, -0.15) is 0 Å². The first kappa shape index (κ1) is 20.4. The van der Waals surface area contributed by atoms with E-state index < -0.39 is 0 Å². The number of nitrogens with one attached hydrogen (secondary N) is 1. The van der Waals surface area contributed by atoms with E-state index in [2.05, 4.69) is 15.5 Å². The van der Waals surface area contributed by atoms with Crippen LogP contribution in [0.4, 0.5) is 5.69 Å². The van der Waals surface area contributed by atoms with Crippen LogP contribution in [0.1, 0.15) is 5.82 Å². The Balaban J connectivity index is 1.51. The Morgan fingerprint density at radius 3 is 2.53 bits per heavy atom. The molecule has 0 saturated carbocycles. The van der Waals surface area contributed by atoms with Gasteiger partial charge in [-0.1, -0.05) is 35.3 Å². The van der Waals surface area contributed by atoms with Crippen LogP contribution in [0.5, 0.6) is 11.5 Å². The topological polar surface area (TPSA) is 73.5 Å². The van der Waals surface area contributed by atoms with Crippen molar-refractivity contribution < 1.29 is 4.74 Å². The Morgan fingerprint density at radius 2 is 1.72 bits per heavy atom. The van der Waals surface area contributed by atoms with Crippen LogP contribution in [0, 0.1) is 0 Å². The maximum absolute atomic E-state index is 12.6. The quantitative estimate of drug-likeness (QED) is 0.381. The van der Waals surface area contributed by atoms with Crippen molar-refractivity contribution in [2.24, 2.45) is 7.05 Å². The van der Waals surface area contributed by atoms with E-state index >= 15 is 0 Å². The minimum atomic E-state index is -0.117. The van der Waals surface area contributed by atoms with E-state index in [1.165, 1.54) is 4.57 Å². The van der Waals surface area contributed by atoms with Gasteiger partial charge in [0.1, 0.15) is 5.75 Å². The third-order valence-corrected chi connectivity index (χ3v) is 5.60. The molecule has 0 radical (unpaired) electrons. The van der Waals surface area contributed by atoms with Gasteiger partial charge < -0.3 is 10.1 Å². The van der Waals surface area contributed by atoms with Crippen molar-refractivity contribution in [3.63, 3.8) is 0 Å². The number of benzene rings is 3. The molecule has 7 nitrogen and oxygen atoms in total. The minimum Gasteiger partial charge on any atom is -0.455 e. The van der Waals surface area contributed by atoms with Crippen LogP contribution in [0.3, 0.4) is 0 Å². The fourth-order valence-corrected chi connectivity index (χ4v) is 3.84. The Hall–Kier alpha value is -3.55. The number of aromatic nitrogens is 4. The molecular formula is C23H17Cl2N5O2. The predicted octanol–water partition coefficient (Wildman–Crippen LogP) is 5.29. The standard InChI is InChI=1S/C23H17Cl2N5O2/c1-29-22(31)17-4-2-3-5-19(17)30-21(27-28-23(29)30)13-26-18-12-15(25)8-11-20(18)32-16-9-6-14(24)7-10-16/h2-12,26H,13H2,1H3. The molecule has 32 heavy (non-hydrogen) atoms. The van der Waals surface area contributed by atoms with Gasteiger partial charge >= 0.3 is 0 Å². The van der Waals surface area contributed by atoms with Crippen molar-refractivity contribution in [3.05, 3.63) is 93.0 Å². The van der Waals surface area contributed by atoms with Gasteiger partial charge in [0, 0.05) is 17.1 Å². The van der Waals surface area contributed by atoms with E-state index in [0.29, 0.717) is 50.8 Å². The summed E-state index contributed by atoms with van der Waals surface area (Å²) in [6.07, 6.45) is 0. The number of ether oxygens (including phenoxy) is 1. The summed E-state index contributed by atoms with van der Waals surface area (Å²) in [7, 11) is 1.69. The van der Waals surface area contributed by atoms with Crippen molar-refractivity contribution in [1.29, 1.82) is 0 Å². The predicted molar refractivity (Wildman–Crippen MR) is 126 cm³/mol. The molecule has 1 N–H and O–H groups in total. The van der Waals surface area contributed by atoms with Crippen molar-refractivity contribution in [1.82, 2.24) is 19.2 Å². The Kier molecular flexibility index (Phi) is 5.20. The highest BCUT2D eigenvalue weighted by atomic mass is 35.5. The van der Waals surface area contributed by atoms with Gasteiger partial charge in [-0.05, 0) is 54.6 Å². The molecule has 2 heterocycles. The molecule has 0 spiro atoms. The number of anilines is 1. The smallest absolute Gasteiger partial charge is 0.262 e. The van der Waals surface area contributed by atoms with Crippen LogP contribution in [0.25, 0.3) is 16.7 Å². The van der Waals surface area contributed by atoms with Crippen LogP contribution < -0.4 is 15.6 Å². The van der Waals surface area contributed by atoms with Gasteiger partial charge in [0.05, 0.1) is 23.1 Å². The van der Waals surface area contributed by atoms with E-state index in [1.807, 2.05) is 22.6 Å². The van der Waals surface area contributed by atoms with Gasteiger partial charge in [-0.25, -0.2) is 0 Å². The molecule has 2 aromatic heterocycles. The van der Waals surface area contributed by atoms with Gasteiger partial charge in [0.15, 0.2) is 11.6 Å². The Morgan fingerprint density at radius 1 is 0.969 bits per heavy atom. The number of para-hydroxylation sites is 1. The molecule has 3 aromatic carbocycles. The second kappa shape index (κ2) is 8.18. The van der Waals surface area contributed by atoms with Crippen molar-refractivity contribution >= 4 is 45.6 Å². The third-order valence-electron chi connectivity index (χ3n) is 5.11. The number of rotatable bonds is 5. The maximum Gasteiger partial charge on any atom is 0.262 e. The highest BCUT2D eigenvalue weighted by molar-refractivity contribution is 6.31. The normalized spacial score (nSPS) is 11.2. The summed E-state index contributed by atoms with van der Waals surface area (Å²) in [4.78, 5) is 12.6. The van der Waals surface area contributed by atoms with Crippen LogP contribution in [-0.2, 0) is 13.6 Å². The molecule has 9 heteroatoms. The number of aryl methyl sites for hydroxylation is 1. The zero-order valence-corrected chi connectivity index (χ0v) is 18.4. The van der Waals surface area contributed by atoms with Gasteiger partial charge in [-0.3, -0.25) is 13.8 Å². The molecular weight excluding hydrogens is 449 g/mol. The summed E-state index contributed by atoms with van der Waals surface area (Å²) >= 11 is 12.2. The van der Waals surface area contributed by atoms with Crippen molar-refractivity contribution in [3.8, 4) is 11.5 Å². The lowest BCUT2D eigenvalue weighted by Crippen LogP contribution is -2.20. The summed E-state index contributed by atoms with van der Waals surface area (Å²) in [6.45, 7) is 0.334. The van der Waals surface area contributed by atoms with Crippen molar-refractivity contribution in [2.75, 3.05) is 5.32 Å². The highest BCUT2D eigenvalue weighted by Gasteiger charge is 2.15. The van der Waals surface area contributed by atoms with E-state index in [0.717, 1.165) is 5.52 Å². The first-order chi connectivity index (χ1) is 15.5. The molecule has 0 atom stereocenters. The van der Waals surface area contributed by atoms with Crippen molar-refractivity contribution in [2.45, 2.75) is 6.54 Å². The van der Waals surface area contributed by atoms with E-state index in [9.17, 15) is 4.79 Å². The van der Waals surface area contributed by atoms with Crippen LogP contribution in [0.15, 0.2) is 71.5 Å². The molecule has 0 aliphatic rings. The molecule has 5 rings (SSSR count). The summed E-state index contributed by atoms with van der Waals surface area (Å²) < 4.78 is 9.38. The maximum atomic E-state index is 12.6. The lowest BCUT2D eigenvalue weighted by atomic mass is 10.2. The average molecular weight is 466 g/mol. The molecule has 5 aromatic rings. The number of hydrogen-bond donors (Lipinski definition) is 1. The number of fused-ring (bicyclic) bond motifs is 3. The summed E-state index contributed by atoms with van der Waals surface area (Å²) in [5.74, 6) is 2.36. The Bertz CT molecular complexity index is 1510. The lowest BCUT2D eigenvalue weighted by molar-refractivity contribution is 0.484. The molecule has 0 aliphatic heterocycles. The molecule has 0 unspecified atom stereocenters. The average Bonchev–Trinajstić information content (AvgIpc) is 3.23. The van der Waals surface area contributed by atoms with E-state index in [4.69, 9.17) is 27.9 Å². The van der Waals surface area contributed by atoms with E-state index in [-0.39, 0.29) is 5.56 Å². The molecule has 0 bridgehead atoms. The van der Waals surface area contributed by atoms with Crippen LogP contribution >= 0.6 is 23.2 Å². The second-order valence-corrected chi connectivity index (χ2v) is 8.06. The second-order valence-electron chi connectivity index (χ2n) is 7.18. The van der Waals surface area contributed by atoms with Crippen LogP contribution in [0.2, 0.25) is 10.0 Å². The van der Waals surface area contributed by atoms with Gasteiger partial charge in [0.25, 0.3) is 5.56 Å². The summed E-state index contributed by atoms with van der Waals surface area (Å²) in [6, 6.07) is 19.8. The monoisotopic (exact) mass is 465 g/mol. The Labute approximate surface area is 192 Å². The fraction of sp³-hybridized carbons (Fsp3) is 0.0870. The number of hydrogen-bond acceptors (Lipinski definition) is 5. The highest BCUT2D eigenvalue weighted by Crippen LogP contribution is 2.33. The number of nitrogens with zero attached hydrogens (tertiary/aromatic N) is 4. The van der Waals surface area contributed by atoms with Gasteiger partial charge in [0.2, 0.25) is 5.78 Å². The first-order valence-electron chi connectivity index (χ1n) is 9.80. The third kappa shape index (κ3) is 3.66. The zero-order chi connectivity index (χ0) is 22.2. The largest absolute Gasteiger partial charge is 0.455 e. The summed E-state index contributed by atoms with van der Waals surface area (Å²) in [5, 5.41) is 13.7. The summed E-state index contributed by atoms with van der Waals surface area (Å²) in [5.41, 5.74) is 1.32. The molecule has 0 fully saturated rings. The molecule has 160 valence electrons. The first-order valence-corrected chi connectivity index (χ1v) is 10.6. The number of halogens is 2. The molecule has 0 aliphatic carbocycles. The van der Waals surface area contributed by atoms with Gasteiger partial charge in [-0.15, -0.1) is 10.2 Å². The van der Waals surface area contributed by atoms with E-state index in [1.54, 1.807) is 55.6 Å². The molecule has 0 saturated heterocycles. The van der Waals surface area contributed by atoms with Crippen LogP contribution in [-0.4, -0.2) is 19.2 Å². The lowest BCUT2D eigenvalue weighted by Gasteiger charge is -2.14. The molecule has 0 amide bonds. The zero-order valence-electron chi connectivity index (χ0n) is 16.9. The minimum absolute atomic E-state index is 0.117. The fourth-order valence-electron chi connectivity index (χ4n) is 3.54.